The number of hydrogen-bond donors (Lipinski definition) is 0. The Kier molecular flexibility index (Phi) is 5.15. The van der Waals surface area contributed by atoms with Gasteiger partial charge in [-0.25, -0.2) is 22.0 Å². The lowest BCUT2D eigenvalue weighted by atomic mass is 9.89. The fourth-order valence-electron chi connectivity index (χ4n) is 5.07. The number of benzene rings is 2. The molecule has 0 bridgehead atoms. The van der Waals surface area contributed by atoms with Gasteiger partial charge in [-0.2, -0.15) is 0 Å². The molecule has 3 aliphatic rings. The van der Waals surface area contributed by atoms with Crippen molar-refractivity contribution in [3.63, 3.8) is 0 Å². The number of nitrogens with zero attached hydrogens (tertiary/aromatic N) is 2. The Morgan fingerprint density at radius 2 is 1.52 bits per heavy atom. The quantitative estimate of drug-likeness (QED) is 0.495. The summed E-state index contributed by atoms with van der Waals surface area (Å²) < 4.78 is 74.2. The maximum Gasteiger partial charge on any atom is 0.257 e. The fourth-order valence-corrected chi connectivity index (χ4v) is 5.07. The topological polar surface area (TPSA) is 49.9 Å². The van der Waals surface area contributed by atoms with E-state index in [1.165, 1.54) is 21.9 Å². The first kappa shape index (κ1) is 21.8. The van der Waals surface area contributed by atoms with Crippen LogP contribution in [0.2, 0.25) is 0 Å². The fraction of sp³-hybridized carbons (Fsp3) is 0.391. The Hall–Kier alpha value is -3.01. The van der Waals surface area contributed by atoms with Crippen molar-refractivity contribution in [1.29, 1.82) is 0 Å². The van der Waals surface area contributed by atoms with E-state index in [0.717, 1.165) is 6.07 Å². The number of piperidine rings is 1. The summed E-state index contributed by atoms with van der Waals surface area (Å²) in [6.07, 6.45) is 0.703. The van der Waals surface area contributed by atoms with Crippen LogP contribution in [0.5, 0.6) is 0 Å². The Balaban J connectivity index is 1.32. The molecule has 2 aromatic carbocycles. The van der Waals surface area contributed by atoms with Gasteiger partial charge in [-0.1, -0.05) is 0 Å². The first-order valence-corrected chi connectivity index (χ1v) is 10.6. The lowest BCUT2D eigenvalue weighted by Gasteiger charge is -2.37. The molecule has 10 heteroatoms. The molecule has 2 unspecified atom stereocenters. The molecule has 5 rings (SSSR count). The molecule has 2 atom stereocenters. The third kappa shape index (κ3) is 3.56. The zero-order chi connectivity index (χ0) is 23.5. The first-order chi connectivity index (χ1) is 15.7. The van der Waals surface area contributed by atoms with Crippen molar-refractivity contribution in [2.24, 2.45) is 0 Å². The first-order valence-electron chi connectivity index (χ1n) is 10.6. The molecule has 3 aliphatic heterocycles. The molecule has 3 fully saturated rings. The van der Waals surface area contributed by atoms with Crippen LogP contribution < -0.4 is 0 Å². The Bertz CT molecular complexity index is 1130. The van der Waals surface area contributed by atoms with Crippen molar-refractivity contribution in [2.75, 3.05) is 13.1 Å². The zero-order valence-electron chi connectivity index (χ0n) is 17.3. The second-order valence-corrected chi connectivity index (χ2v) is 8.61. The molecule has 0 N–H and O–H groups in total. The highest BCUT2D eigenvalue weighted by atomic mass is 19.2. The van der Waals surface area contributed by atoms with E-state index in [2.05, 4.69) is 0 Å². The van der Waals surface area contributed by atoms with Crippen LogP contribution in [0, 0.1) is 29.1 Å². The summed E-state index contributed by atoms with van der Waals surface area (Å²) in [5, 5.41) is 0. The maximum absolute atomic E-state index is 14.0. The normalized spacial score (nSPS) is 24.0. The highest BCUT2D eigenvalue weighted by Gasteiger charge is 2.58. The Morgan fingerprint density at radius 3 is 2.18 bits per heavy atom. The molecular weight excluding hydrogens is 447 g/mol. The van der Waals surface area contributed by atoms with E-state index >= 15 is 0 Å². The van der Waals surface area contributed by atoms with Gasteiger partial charge in [-0.05, 0) is 36.6 Å². The number of fused-ring (bicyclic) bond motifs is 1. The van der Waals surface area contributed by atoms with Gasteiger partial charge in [0.2, 0.25) is 0 Å². The van der Waals surface area contributed by atoms with E-state index < -0.39 is 58.4 Å². The van der Waals surface area contributed by atoms with Crippen molar-refractivity contribution >= 4 is 11.8 Å². The van der Waals surface area contributed by atoms with Crippen LogP contribution in [-0.2, 0) is 9.53 Å². The van der Waals surface area contributed by atoms with Crippen molar-refractivity contribution in [3.8, 4) is 0 Å². The largest absolute Gasteiger partial charge is 0.342 e. The summed E-state index contributed by atoms with van der Waals surface area (Å²) in [5.74, 6) is -6.47. The van der Waals surface area contributed by atoms with Gasteiger partial charge in [0.15, 0.2) is 17.2 Å². The van der Waals surface area contributed by atoms with Crippen molar-refractivity contribution in [1.82, 2.24) is 9.80 Å². The van der Waals surface area contributed by atoms with E-state index in [9.17, 15) is 31.5 Å². The summed E-state index contributed by atoms with van der Waals surface area (Å²) in [5.41, 5.74) is -1.43. The molecular formula is C23H19F5N2O3. The lowest BCUT2D eigenvalue weighted by Crippen LogP contribution is -2.51. The van der Waals surface area contributed by atoms with E-state index in [1.54, 1.807) is 0 Å². The van der Waals surface area contributed by atoms with Gasteiger partial charge in [0, 0.05) is 38.1 Å². The van der Waals surface area contributed by atoms with E-state index in [0.29, 0.717) is 30.5 Å². The predicted octanol–water partition coefficient (Wildman–Crippen LogP) is 4.08. The molecule has 0 aliphatic carbocycles. The summed E-state index contributed by atoms with van der Waals surface area (Å²) in [7, 11) is 0. The summed E-state index contributed by atoms with van der Waals surface area (Å²) >= 11 is 0. The number of halogens is 5. The highest BCUT2D eigenvalue weighted by molar-refractivity contribution is 5.95. The lowest BCUT2D eigenvalue weighted by molar-refractivity contribution is -0.142. The van der Waals surface area contributed by atoms with Crippen LogP contribution in [-0.4, -0.2) is 46.5 Å². The number of amides is 2. The van der Waals surface area contributed by atoms with Crippen LogP contribution in [0.15, 0.2) is 30.3 Å². The van der Waals surface area contributed by atoms with Gasteiger partial charge in [0.05, 0.1) is 11.6 Å². The number of hydrogen-bond acceptors (Lipinski definition) is 3. The Morgan fingerprint density at radius 1 is 0.879 bits per heavy atom. The third-order valence-electron chi connectivity index (χ3n) is 6.69. The SMILES string of the molecule is O=C(c1cc(F)c(F)cc1F)N1CCC2(CC1)OC1CCC(c3cc(F)cc(F)c3)N1C2=O. The van der Waals surface area contributed by atoms with Crippen LogP contribution in [0.1, 0.15) is 47.6 Å². The van der Waals surface area contributed by atoms with Crippen molar-refractivity contribution < 1.29 is 36.3 Å². The number of likely N-dealkylation sites (tertiary alicyclic amines) is 1. The smallest absolute Gasteiger partial charge is 0.257 e. The van der Waals surface area contributed by atoms with Crippen LogP contribution in [0.3, 0.4) is 0 Å². The average Bonchev–Trinajstić information content (AvgIpc) is 3.28. The molecule has 2 aromatic rings. The molecule has 3 heterocycles. The van der Waals surface area contributed by atoms with Crippen LogP contribution in [0.4, 0.5) is 22.0 Å². The average molecular weight is 466 g/mol. The predicted molar refractivity (Wildman–Crippen MR) is 104 cm³/mol. The summed E-state index contributed by atoms with van der Waals surface area (Å²) in [4.78, 5) is 28.8. The molecule has 1 spiro atoms. The van der Waals surface area contributed by atoms with Crippen LogP contribution in [0.25, 0.3) is 0 Å². The van der Waals surface area contributed by atoms with Gasteiger partial charge in [0.25, 0.3) is 11.8 Å². The summed E-state index contributed by atoms with van der Waals surface area (Å²) in [6, 6.07) is 3.48. The molecule has 174 valence electrons. The highest BCUT2D eigenvalue weighted by Crippen LogP contribution is 2.47. The van der Waals surface area contributed by atoms with Gasteiger partial charge in [0.1, 0.15) is 23.7 Å². The molecule has 5 nitrogen and oxygen atoms in total. The van der Waals surface area contributed by atoms with E-state index in [1.807, 2.05) is 0 Å². The second kappa shape index (κ2) is 7.79. The monoisotopic (exact) mass is 466 g/mol. The zero-order valence-corrected chi connectivity index (χ0v) is 17.3. The molecule has 3 saturated heterocycles. The minimum absolute atomic E-state index is 0.0445. The third-order valence-corrected chi connectivity index (χ3v) is 6.69. The molecule has 33 heavy (non-hydrogen) atoms. The van der Waals surface area contributed by atoms with E-state index in [-0.39, 0.29) is 31.8 Å². The molecule has 0 radical (unpaired) electrons. The summed E-state index contributed by atoms with van der Waals surface area (Å²) in [6.45, 7) is 0.0889. The van der Waals surface area contributed by atoms with Gasteiger partial charge >= 0.3 is 0 Å². The molecule has 0 aromatic heterocycles. The standard InChI is InChI=1S/C23H19F5N2O3/c24-13-7-12(8-14(25)9-13)19-1-2-20-30(19)22(32)23(33-20)3-5-29(6-4-23)21(31)15-10-17(27)18(28)11-16(15)26/h7-11,19-20H,1-6H2. The van der Waals surface area contributed by atoms with Crippen LogP contribution >= 0.6 is 0 Å². The van der Waals surface area contributed by atoms with Crippen molar-refractivity contribution in [3.05, 3.63) is 70.5 Å². The van der Waals surface area contributed by atoms with E-state index in [4.69, 9.17) is 4.74 Å². The second-order valence-electron chi connectivity index (χ2n) is 8.61. The van der Waals surface area contributed by atoms with Gasteiger partial charge in [-0.3, -0.25) is 9.59 Å². The number of carbonyl (C=O) groups excluding carboxylic acids is 2. The minimum Gasteiger partial charge on any atom is -0.342 e. The number of rotatable bonds is 2. The number of ether oxygens (including phenoxy) is 1. The van der Waals surface area contributed by atoms with Crippen molar-refractivity contribution in [2.45, 2.75) is 43.6 Å². The minimum atomic E-state index is -1.39. The van der Waals surface area contributed by atoms with Gasteiger partial charge < -0.3 is 14.5 Å². The number of carbonyl (C=O) groups is 2. The molecule has 0 saturated carbocycles. The van der Waals surface area contributed by atoms with Gasteiger partial charge in [-0.15, -0.1) is 0 Å². The molecule has 2 amide bonds. The maximum atomic E-state index is 14.0. The Labute approximate surface area is 185 Å².